The van der Waals surface area contributed by atoms with Gasteiger partial charge < -0.3 is 4.90 Å². The number of alkyl halides is 3. The van der Waals surface area contributed by atoms with Gasteiger partial charge in [0.25, 0.3) is 0 Å². The number of aryl methyl sites for hydroxylation is 1. The quantitative estimate of drug-likeness (QED) is 0.462. The van der Waals surface area contributed by atoms with E-state index >= 15 is 0 Å². The Morgan fingerprint density at radius 1 is 1.14 bits per heavy atom. The maximum absolute atomic E-state index is 13.2. The van der Waals surface area contributed by atoms with Gasteiger partial charge in [-0.15, -0.1) is 0 Å². The number of carbonyl (C=O) groups excluding carboxylic acids is 2. The topological polar surface area (TPSA) is 79.3 Å². The average Bonchev–Trinajstić information content (AvgIpc) is 3.15. The molecule has 3 aromatic rings. The molecule has 2 aromatic heterocycles. The van der Waals surface area contributed by atoms with Crippen LogP contribution in [0.1, 0.15) is 30.9 Å². The van der Waals surface area contributed by atoms with Crippen molar-refractivity contribution in [2.75, 3.05) is 18.0 Å². The van der Waals surface area contributed by atoms with Crippen molar-refractivity contribution < 1.29 is 22.8 Å². The van der Waals surface area contributed by atoms with E-state index in [4.69, 9.17) is 0 Å². The van der Waals surface area contributed by atoms with Gasteiger partial charge in [0, 0.05) is 24.7 Å². The maximum atomic E-state index is 13.2. The number of halogens is 3. The molecule has 36 heavy (non-hydrogen) atoms. The van der Waals surface area contributed by atoms with Gasteiger partial charge in [0.15, 0.2) is 5.78 Å². The Balaban J connectivity index is 1.48. The molecule has 2 amide bonds. The highest BCUT2D eigenvalue weighted by Gasteiger charge is 2.41. The number of Topliss-reactive ketones (excluding diaryl/α,β-unsaturated/α-hetero) is 1. The van der Waals surface area contributed by atoms with Crippen LogP contribution in [0.25, 0.3) is 11.3 Å². The summed E-state index contributed by atoms with van der Waals surface area (Å²) < 4.78 is 38.6. The third kappa shape index (κ3) is 5.53. The molecule has 1 aromatic carbocycles. The Morgan fingerprint density at radius 2 is 1.92 bits per heavy atom. The van der Waals surface area contributed by atoms with Crippen molar-refractivity contribution >= 4 is 17.5 Å². The number of amides is 2. The number of carbonyl (C=O) groups is 2. The van der Waals surface area contributed by atoms with Crippen molar-refractivity contribution in [1.29, 1.82) is 0 Å². The second kappa shape index (κ2) is 10.0. The van der Waals surface area contributed by atoms with Crippen LogP contribution in [0, 0.1) is 12.8 Å². The van der Waals surface area contributed by atoms with Crippen molar-refractivity contribution in [2.24, 2.45) is 5.92 Å². The van der Waals surface area contributed by atoms with E-state index in [0.29, 0.717) is 5.82 Å². The molecule has 0 aliphatic carbocycles. The second-order valence-corrected chi connectivity index (χ2v) is 9.14. The summed E-state index contributed by atoms with van der Waals surface area (Å²) in [5.41, 5.74) is 1.66. The van der Waals surface area contributed by atoms with Crippen LogP contribution in [0.15, 0.2) is 54.9 Å². The predicted octanol–water partition coefficient (Wildman–Crippen LogP) is 4.94. The number of hydrogen-bond acceptors (Lipinski definition) is 5. The zero-order valence-electron chi connectivity index (χ0n) is 20.2. The van der Waals surface area contributed by atoms with Gasteiger partial charge in [0.1, 0.15) is 11.5 Å². The molecule has 0 saturated carbocycles. The lowest BCUT2D eigenvalue weighted by Crippen LogP contribution is -2.41. The van der Waals surface area contributed by atoms with E-state index in [1.54, 1.807) is 19.2 Å². The zero-order chi connectivity index (χ0) is 26.0. The highest BCUT2D eigenvalue weighted by atomic mass is 19.4. The minimum Gasteiger partial charge on any atom is -0.312 e. The van der Waals surface area contributed by atoms with Crippen LogP contribution >= 0.6 is 0 Å². The molecule has 188 valence electrons. The molecule has 7 nitrogen and oxygen atoms in total. The molecule has 1 aliphatic heterocycles. The van der Waals surface area contributed by atoms with Crippen molar-refractivity contribution in [3.63, 3.8) is 0 Å². The maximum Gasteiger partial charge on any atom is 0.433 e. The Labute approximate surface area is 207 Å². The third-order valence-electron chi connectivity index (χ3n) is 6.11. The molecule has 1 saturated heterocycles. The second-order valence-electron chi connectivity index (χ2n) is 9.14. The lowest BCUT2D eigenvalue weighted by Gasteiger charge is -2.25. The minimum absolute atomic E-state index is 0.0403. The van der Waals surface area contributed by atoms with Crippen molar-refractivity contribution in [2.45, 2.75) is 39.4 Å². The fourth-order valence-corrected chi connectivity index (χ4v) is 4.28. The first kappa shape index (κ1) is 25.3. The Kier molecular flexibility index (Phi) is 7.05. The van der Waals surface area contributed by atoms with Gasteiger partial charge in [-0.1, -0.05) is 32.0 Å². The van der Waals surface area contributed by atoms with Crippen molar-refractivity contribution in [3.05, 3.63) is 71.9 Å². The predicted molar refractivity (Wildman–Crippen MR) is 128 cm³/mol. The third-order valence-corrected chi connectivity index (χ3v) is 6.11. The van der Waals surface area contributed by atoms with Gasteiger partial charge in [-0.2, -0.15) is 13.2 Å². The molecule has 0 radical (unpaired) electrons. The Bertz CT molecular complexity index is 1260. The number of ketones is 1. The van der Waals surface area contributed by atoms with E-state index < -0.39 is 17.9 Å². The Morgan fingerprint density at radius 3 is 2.56 bits per heavy atom. The zero-order valence-corrected chi connectivity index (χ0v) is 20.2. The van der Waals surface area contributed by atoms with Crippen LogP contribution in [0.3, 0.4) is 0 Å². The normalized spacial score (nSPS) is 16.2. The smallest absolute Gasteiger partial charge is 0.312 e. The summed E-state index contributed by atoms with van der Waals surface area (Å²) in [6.07, 6.45) is -1.70. The fraction of sp³-hybridized carbons (Fsp3) is 0.346. The molecule has 1 fully saturated rings. The number of pyridine rings is 1. The SMILES string of the molecule is Cc1nccc(-c2cccc(CC(=O)CN3C(=O)N(c4ccc(C(F)(F)F)nc4)C[C@@H]3C(C)C)c2)n1. The summed E-state index contributed by atoms with van der Waals surface area (Å²) >= 11 is 0. The minimum atomic E-state index is -4.56. The number of urea groups is 1. The van der Waals surface area contributed by atoms with Gasteiger partial charge >= 0.3 is 12.2 Å². The molecular formula is C26H26F3N5O2. The number of nitrogens with zero attached hydrogens (tertiary/aromatic N) is 5. The highest BCUT2D eigenvalue weighted by molar-refractivity contribution is 5.97. The number of rotatable bonds is 7. The summed E-state index contributed by atoms with van der Waals surface area (Å²) in [5.74, 6) is 0.546. The number of benzene rings is 1. The highest BCUT2D eigenvalue weighted by Crippen LogP contribution is 2.31. The average molecular weight is 498 g/mol. The molecule has 0 spiro atoms. The largest absolute Gasteiger partial charge is 0.433 e. The molecule has 0 N–H and O–H groups in total. The van der Waals surface area contributed by atoms with Crippen LogP contribution in [-0.2, 0) is 17.4 Å². The van der Waals surface area contributed by atoms with E-state index in [1.807, 2.05) is 38.1 Å². The molecule has 0 unspecified atom stereocenters. The van der Waals surface area contributed by atoms with Gasteiger partial charge in [-0.05, 0) is 42.7 Å². The molecular weight excluding hydrogens is 471 g/mol. The summed E-state index contributed by atoms with van der Waals surface area (Å²) in [6.45, 7) is 5.86. The van der Waals surface area contributed by atoms with Crippen LogP contribution in [0.5, 0.6) is 0 Å². The lowest BCUT2D eigenvalue weighted by molar-refractivity contribution is -0.141. The van der Waals surface area contributed by atoms with E-state index in [1.165, 1.54) is 15.9 Å². The number of hydrogen-bond donors (Lipinski definition) is 0. The first-order chi connectivity index (χ1) is 17.0. The number of aromatic nitrogens is 3. The molecule has 0 bridgehead atoms. The van der Waals surface area contributed by atoms with E-state index in [2.05, 4.69) is 15.0 Å². The van der Waals surface area contributed by atoms with Crippen LogP contribution < -0.4 is 4.90 Å². The first-order valence-electron chi connectivity index (χ1n) is 11.5. The molecule has 4 rings (SSSR count). The standard InChI is InChI=1S/C26H26F3N5O2/c1-16(2)23-15-33(20-7-8-24(31-13-20)26(27,28)29)25(36)34(23)14-21(35)12-18-5-4-6-19(11-18)22-9-10-30-17(3)32-22/h4-11,13,16,23H,12,14-15H2,1-3H3/t23-/m1/s1. The Hall–Kier alpha value is -3.82. The van der Waals surface area contributed by atoms with Crippen molar-refractivity contribution in [1.82, 2.24) is 19.9 Å². The summed E-state index contributed by atoms with van der Waals surface area (Å²) in [4.78, 5) is 41.1. The van der Waals surface area contributed by atoms with Crippen molar-refractivity contribution in [3.8, 4) is 11.3 Å². The van der Waals surface area contributed by atoms with E-state index in [0.717, 1.165) is 29.1 Å². The first-order valence-corrected chi connectivity index (χ1v) is 11.5. The lowest BCUT2D eigenvalue weighted by atomic mass is 10.0. The molecule has 10 heteroatoms. The molecule has 3 heterocycles. The summed E-state index contributed by atoms with van der Waals surface area (Å²) in [5, 5.41) is 0. The van der Waals surface area contributed by atoms with Gasteiger partial charge in [-0.25, -0.2) is 19.7 Å². The number of anilines is 1. The fourth-order valence-electron chi connectivity index (χ4n) is 4.28. The van der Waals surface area contributed by atoms with Crippen LogP contribution in [-0.4, -0.2) is 50.8 Å². The van der Waals surface area contributed by atoms with Crippen LogP contribution in [0.4, 0.5) is 23.7 Å². The summed E-state index contributed by atoms with van der Waals surface area (Å²) in [6, 6.07) is 10.7. The summed E-state index contributed by atoms with van der Waals surface area (Å²) in [7, 11) is 0. The van der Waals surface area contributed by atoms with E-state index in [-0.39, 0.29) is 42.9 Å². The van der Waals surface area contributed by atoms with Crippen LogP contribution in [0.2, 0.25) is 0 Å². The van der Waals surface area contributed by atoms with Gasteiger partial charge in [0.05, 0.1) is 30.2 Å². The van der Waals surface area contributed by atoms with E-state index in [9.17, 15) is 22.8 Å². The monoisotopic (exact) mass is 497 g/mol. The molecule has 1 aliphatic rings. The molecule has 1 atom stereocenters. The van der Waals surface area contributed by atoms with Gasteiger partial charge in [0.2, 0.25) is 0 Å². The van der Waals surface area contributed by atoms with Gasteiger partial charge in [-0.3, -0.25) is 9.69 Å².